The molecule has 0 bridgehead atoms. The Balaban J connectivity index is 1.75. The smallest absolute Gasteiger partial charge is 0.225 e. The molecule has 1 aromatic carbocycles. The Labute approximate surface area is 173 Å². The number of benzene rings is 1. The first kappa shape index (κ1) is 21.8. The molecule has 2 atom stereocenters. The fraction of sp³-hybridized carbons (Fsp3) is 0.619. The van der Waals surface area contributed by atoms with E-state index in [0.717, 1.165) is 30.4 Å². The summed E-state index contributed by atoms with van der Waals surface area (Å²) in [6, 6.07) is 7.39. The number of carbonyl (C=O) groups excluding carboxylic acids is 2. The van der Waals surface area contributed by atoms with E-state index < -0.39 is 10.0 Å². The van der Waals surface area contributed by atoms with Gasteiger partial charge < -0.3 is 10.2 Å². The van der Waals surface area contributed by atoms with Gasteiger partial charge in [0.05, 0.1) is 11.7 Å². The fourth-order valence-corrected chi connectivity index (χ4v) is 5.98. The van der Waals surface area contributed by atoms with Gasteiger partial charge in [0.2, 0.25) is 21.8 Å². The molecule has 2 amide bonds. The molecule has 1 saturated carbocycles. The molecule has 2 aliphatic rings. The molecule has 2 fully saturated rings. The minimum absolute atomic E-state index is 0.0528. The average molecular weight is 422 g/mol. The van der Waals surface area contributed by atoms with E-state index in [1.54, 1.807) is 4.90 Å². The molecule has 1 aromatic rings. The maximum atomic E-state index is 13.0. The minimum Gasteiger partial charge on any atom is -0.354 e. The number of aryl methyl sites for hydroxylation is 1. The summed E-state index contributed by atoms with van der Waals surface area (Å²) in [5.74, 6) is -0.391. The van der Waals surface area contributed by atoms with Crippen molar-refractivity contribution in [3.63, 3.8) is 0 Å². The number of nitrogens with zero attached hydrogens (tertiary/aromatic N) is 2. The van der Waals surface area contributed by atoms with Crippen molar-refractivity contribution in [2.24, 2.45) is 5.92 Å². The number of hydrogen-bond donors (Lipinski definition) is 1. The predicted molar refractivity (Wildman–Crippen MR) is 112 cm³/mol. The molecule has 0 radical (unpaired) electrons. The Bertz CT molecular complexity index is 838. The van der Waals surface area contributed by atoms with Crippen LogP contribution in [-0.2, 0) is 25.4 Å². The Morgan fingerprint density at radius 3 is 2.52 bits per heavy atom. The van der Waals surface area contributed by atoms with E-state index in [-0.39, 0.29) is 42.6 Å². The number of hydrogen-bond acceptors (Lipinski definition) is 4. The van der Waals surface area contributed by atoms with Crippen LogP contribution in [0.25, 0.3) is 0 Å². The van der Waals surface area contributed by atoms with Crippen LogP contribution in [0.15, 0.2) is 24.3 Å². The van der Waals surface area contributed by atoms with Gasteiger partial charge in [0.1, 0.15) is 0 Å². The maximum Gasteiger partial charge on any atom is 0.225 e. The molecule has 0 aromatic heterocycles. The van der Waals surface area contributed by atoms with Gasteiger partial charge in [-0.1, -0.05) is 36.2 Å². The average Bonchev–Trinajstić information content (AvgIpc) is 3.13. The standard InChI is InChI=1S/C21H31N3O4S/c1-16-7-9-18(10-8-16)15-29(27,28)23-12-4-13-24(17(2)25)20-6-3-5-19(20)21(26)22-11-14-23/h7-10,19-20H,3-6,11-15H2,1-2H3,(H,22,26). The lowest BCUT2D eigenvalue weighted by atomic mass is 10.0. The molecule has 7 nitrogen and oxygen atoms in total. The summed E-state index contributed by atoms with van der Waals surface area (Å²) in [5.41, 5.74) is 1.83. The van der Waals surface area contributed by atoms with Crippen molar-refractivity contribution in [2.45, 2.75) is 51.3 Å². The van der Waals surface area contributed by atoms with E-state index in [0.29, 0.717) is 19.5 Å². The summed E-state index contributed by atoms with van der Waals surface area (Å²) in [6.07, 6.45) is 3.09. The van der Waals surface area contributed by atoms with Crippen LogP contribution >= 0.6 is 0 Å². The van der Waals surface area contributed by atoms with Gasteiger partial charge in [-0.2, -0.15) is 4.31 Å². The highest BCUT2D eigenvalue weighted by Gasteiger charge is 2.38. The zero-order valence-corrected chi connectivity index (χ0v) is 18.1. The molecule has 1 aliphatic carbocycles. The van der Waals surface area contributed by atoms with Gasteiger partial charge in [-0.05, 0) is 31.7 Å². The summed E-state index contributed by atoms with van der Waals surface area (Å²) in [6.45, 7) is 4.84. The Morgan fingerprint density at radius 1 is 1.10 bits per heavy atom. The van der Waals surface area contributed by atoms with Gasteiger partial charge in [0.15, 0.2) is 0 Å². The predicted octanol–water partition coefficient (Wildman–Crippen LogP) is 1.66. The van der Waals surface area contributed by atoms with Crippen LogP contribution in [-0.4, -0.2) is 61.7 Å². The molecule has 1 aliphatic heterocycles. The topological polar surface area (TPSA) is 86.8 Å². The van der Waals surface area contributed by atoms with E-state index in [9.17, 15) is 18.0 Å². The third-order valence-corrected chi connectivity index (χ3v) is 7.80. The van der Waals surface area contributed by atoms with Gasteiger partial charge in [0.25, 0.3) is 0 Å². The first-order valence-corrected chi connectivity index (χ1v) is 12.0. The van der Waals surface area contributed by atoms with Crippen LogP contribution in [0, 0.1) is 12.8 Å². The zero-order valence-electron chi connectivity index (χ0n) is 17.3. The summed E-state index contributed by atoms with van der Waals surface area (Å²) in [7, 11) is -3.52. The van der Waals surface area contributed by atoms with E-state index >= 15 is 0 Å². The number of nitrogens with one attached hydrogen (secondary N) is 1. The van der Waals surface area contributed by atoms with Crippen molar-refractivity contribution in [2.75, 3.05) is 26.2 Å². The third-order valence-electron chi connectivity index (χ3n) is 5.95. The molecule has 0 spiro atoms. The summed E-state index contributed by atoms with van der Waals surface area (Å²) in [5, 5.41) is 2.90. The second-order valence-corrected chi connectivity index (χ2v) is 10.1. The SMILES string of the molecule is CC(=O)N1CCCN(S(=O)(=O)Cc2ccc(C)cc2)CCNC(=O)C2CCCC21. The van der Waals surface area contributed by atoms with Crippen LogP contribution in [0.2, 0.25) is 0 Å². The van der Waals surface area contributed by atoms with Crippen molar-refractivity contribution < 1.29 is 18.0 Å². The first-order chi connectivity index (χ1) is 13.8. The van der Waals surface area contributed by atoms with Crippen molar-refractivity contribution in [3.8, 4) is 0 Å². The van der Waals surface area contributed by atoms with Gasteiger partial charge >= 0.3 is 0 Å². The molecular formula is C21H31N3O4S. The van der Waals surface area contributed by atoms with Crippen LogP contribution in [0.3, 0.4) is 0 Å². The largest absolute Gasteiger partial charge is 0.354 e. The van der Waals surface area contributed by atoms with E-state index in [2.05, 4.69) is 5.32 Å². The Hall–Kier alpha value is -1.93. The van der Waals surface area contributed by atoms with Gasteiger partial charge in [-0.15, -0.1) is 0 Å². The van der Waals surface area contributed by atoms with Crippen LogP contribution in [0.5, 0.6) is 0 Å². The molecule has 1 saturated heterocycles. The van der Waals surface area contributed by atoms with Crippen molar-refractivity contribution >= 4 is 21.8 Å². The molecule has 8 heteroatoms. The Kier molecular flexibility index (Phi) is 6.95. The second kappa shape index (κ2) is 9.26. The van der Waals surface area contributed by atoms with Crippen molar-refractivity contribution in [1.82, 2.24) is 14.5 Å². The third kappa shape index (κ3) is 5.36. The normalized spacial score (nSPS) is 24.5. The summed E-state index contributed by atoms with van der Waals surface area (Å²) >= 11 is 0. The molecule has 1 heterocycles. The lowest BCUT2D eigenvalue weighted by Gasteiger charge is -2.31. The zero-order chi connectivity index (χ0) is 21.0. The first-order valence-electron chi connectivity index (χ1n) is 10.4. The van der Waals surface area contributed by atoms with Gasteiger partial charge in [-0.3, -0.25) is 9.59 Å². The molecule has 160 valence electrons. The summed E-state index contributed by atoms with van der Waals surface area (Å²) < 4.78 is 27.5. The highest BCUT2D eigenvalue weighted by molar-refractivity contribution is 7.88. The monoisotopic (exact) mass is 421 g/mol. The van der Waals surface area contributed by atoms with E-state index in [1.165, 1.54) is 11.2 Å². The summed E-state index contributed by atoms with van der Waals surface area (Å²) in [4.78, 5) is 26.6. The fourth-order valence-electron chi connectivity index (χ4n) is 4.40. The lowest BCUT2D eigenvalue weighted by Crippen LogP contribution is -2.46. The molecule has 29 heavy (non-hydrogen) atoms. The molecule has 2 unspecified atom stereocenters. The molecule has 3 rings (SSSR count). The van der Waals surface area contributed by atoms with Gasteiger partial charge in [0, 0.05) is 39.1 Å². The lowest BCUT2D eigenvalue weighted by molar-refractivity contribution is -0.134. The highest BCUT2D eigenvalue weighted by Crippen LogP contribution is 2.31. The second-order valence-electron chi connectivity index (χ2n) is 8.10. The van der Waals surface area contributed by atoms with Crippen LogP contribution in [0.4, 0.5) is 0 Å². The highest BCUT2D eigenvalue weighted by atomic mass is 32.2. The van der Waals surface area contributed by atoms with E-state index in [4.69, 9.17) is 0 Å². The van der Waals surface area contributed by atoms with Crippen LogP contribution < -0.4 is 5.32 Å². The molecule has 1 N–H and O–H groups in total. The number of fused-ring (bicyclic) bond motifs is 1. The van der Waals surface area contributed by atoms with E-state index in [1.807, 2.05) is 31.2 Å². The number of amides is 2. The molecular weight excluding hydrogens is 390 g/mol. The number of carbonyl (C=O) groups is 2. The number of sulfonamides is 1. The minimum atomic E-state index is -3.52. The Morgan fingerprint density at radius 2 is 1.83 bits per heavy atom. The van der Waals surface area contributed by atoms with Crippen molar-refractivity contribution in [1.29, 1.82) is 0 Å². The van der Waals surface area contributed by atoms with Crippen molar-refractivity contribution in [3.05, 3.63) is 35.4 Å². The quantitative estimate of drug-likeness (QED) is 0.804. The van der Waals surface area contributed by atoms with Crippen LogP contribution in [0.1, 0.15) is 43.7 Å². The number of rotatable bonds is 3. The van der Waals surface area contributed by atoms with Gasteiger partial charge in [-0.25, -0.2) is 8.42 Å². The maximum absolute atomic E-state index is 13.0.